The Morgan fingerprint density at radius 1 is 1.42 bits per heavy atom. The second-order valence-electron chi connectivity index (χ2n) is 5.61. The van der Waals surface area contributed by atoms with Crippen molar-refractivity contribution in [1.82, 2.24) is 10.2 Å². The molecular weight excluding hydrogens is 244 g/mol. The molecule has 1 heterocycles. The van der Waals surface area contributed by atoms with Gasteiger partial charge in [0.2, 0.25) is 5.91 Å². The van der Waals surface area contributed by atoms with Crippen LogP contribution in [0.3, 0.4) is 0 Å². The van der Waals surface area contributed by atoms with Crippen molar-refractivity contribution in [3.8, 4) is 12.3 Å². The molecule has 1 aliphatic heterocycles. The molecule has 0 aromatic heterocycles. The Bertz CT molecular complexity index is 379. The fourth-order valence-electron chi connectivity index (χ4n) is 2.00. The Kier molecular flexibility index (Phi) is 5.22. The summed E-state index contributed by atoms with van der Waals surface area (Å²) in [4.78, 5) is 25.6. The summed E-state index contributed by atoms with van der Waals surface area (Å²) >= 11 is 0. The third-order valence-corrected chi connectivity index (χ3v) is 2.80. The number of rotatable bonds is 2. The molecule has 0 radical (unpaired) electrons. The van der Waals surface area contributed by atoms with Gasteiger partial charge in [-0.15, -0.1) is 6.42 Å². The minimum Gasteiger partial charge on any atom is -0.444 e. The molecule has 1 N–H and O–H groups in total. The van der Waals surface area contributed by atoms with Gasteiger partial charge in [-0.2, -0.15) is 0 Å². The predicted octanol–water partition coefficient (Wildman–Crippen LogP) is 1.53. The van der Waals surface area contributed by atoms with E-state index in [0.717, 1.165) is 12.8 Å². The van der Waals surface area contributed by atoms with Gasteiger partial charge >= 0.3 is 6.09 Å². The van der Waals surface area contributed by atoms with Crippen molar-refractivity contribution in [2.45, 2.75) is 51.7 Å². The molecule has 0 saturated carbocycles. The first-order valence-electron chi connectivity index (χ1n) is 6.56. The molecule has 1 fully saturated rings. The number of terminal acetylenes is 1. The molecule has 0 aromatic rings. The number of nitrogens with one attached hydrogen (secondary N) is 1. The summed E-state index contributed by atoms with van der Waals surface area (Å²) in [5.41, 5.74) is -0.561. The third-order valence-electron chi connectivity index (χ3n) is 2.80. The maximum absolute atomic E-state index is 12.1. The van der Waals surface area contributed by atoms with E-state index in [4.69, 9.17) is 11.2 Å². The number of carbonyl (C=O) groups is 2. The molecule has 0 aromatic carbocycles. The van der Waals surface area contributed by atoms with Crippen LogP contribution in [0.15, 0.2) is 0 Å². The van der Waals surface area contributed by atoms with Crippen molar-refractivity contribution < 1.29 is 14.3 Å². The molecule has 2 amide bonds. The van der Waals surface area contributed by atoms with E-state index in [-0.39, 0.29) is 12.5 Å². The Labute approximate surface area is 114 Å². The highest BCUT2D eigenvalue weighted by atomic mass is 16.6. The Morgan fingerprint density at radius 3 is 2.68 bits per heavy atom. The summed E-state index contributed by atoms with van der Waals surface area (Å²) in [5, 5.41) is 2.63. The summed E-state index contributed by atoms with van der Waals surface area (Å²) in [6, 6.07) is -0.475. The number of nitrogens with zero attached hydrogens (tertiary/aromatic N) is 1. The van der Waals surface area contributed by atoms with E-state index < -0.39 is 17.7 Å². The van der Waals surface area contributed by atoms with Gasteiger partial charge in [0, 0.05) is 6.54 Å². The lowest BCUT2D eigenvalue weighted by atomic mass is 10.0. The minimum absolute atomic E-state index is 0.178. The quantitative estimate of drug-likeness (QED) is 0.771. The summed E-state index contributed by atoms with van der Waals surface area (Å²) in [6.45, 7) is 6.15. The van der Waals surface area contributed by atoms with Gasteiger partial charge in [0.05, 0.1) is 6.54 Å². The smallest absolute Gasteiger partial charge is 0.410 e. The molecule has 106 valence electrons. The van der Waals surface area contributed by atoms with Crippen LogP contribution in [0.4, 0.5) is 4.79 Å². The van der Waals surface area contributed by atoms with Crippen LogP contribution >= 0.6 is 0 Å². The molecule has 1 rings (SSSR count). The number of likely N-dealkylation sites (tertiary alicyclic amines) is 1. The zero-order chi connectivity index (χ0) is 14.5. The molecule has 5 nitrogen and oxygen atoms in total. The van der Waals surface area contributed by atoms with Crippen LogP contribution < -0.4 is 5.32 Å². The number of hydrogen-bond acceptors (Lipinski definition) is 3. The first-order valence-corrected chi connectivity index (χ1v) is 6.56. The van der Waals surface area contributed by atoms with E-state index in [1.165, 1.54) is 4.90 Å². The van der Waals surface area contributed by atoms with Gasteiger partial charge < -0.3 is 10.1 Å². The number of amides is 2. The Hall–Kier alpha value is -1.70. The normalized spacial score (nSPS) is 19.5. The van der Waals surface area contributed by atoms with Gasteiger partial charge in [0.15, 0.2) is 0 Å². The van der Waals surface area contributed by atoms with Gasteiger partial charge in [0.25, 0.3) is 0 Å². The van der Waals surface area contributed by atoms with E-state index in [9.17, 15) is 9.59 Å². The molecule has 0 bridgehead atoms. The first kappa shape index (κ1) is 15.4. The van der Waals surface area contributed by atoms with Crippen LogP contribution in [0.25, 0.3) is 0 Å². The second kappa shape index (κ2) is 6.46. The number of ether oxygens (including phenoxy) is 1. The van der Waals surface area contributed by atoms with Crippen LogP contribution in [0.5, 0.6) is 0 Å². The lowest BCUT2D eigenvalue weighted by molar-refractivity contribution is -0.127. The van der Waals surface area contributed by atoms with Crippen molar-refractivity contribution in [2.75, 3.05) is 13.1 Å². The highest BCUT2D eigenvalue weighted by Gasteiger charge is 2.34. The van der Waals surface area contributed by atoms with E-state index in [1.807, 2.05) is 20.8 Å². The molecular formula is C14H22N2O3. The number of piperidine rings is 1. The predicted molar refractivity (Wildman–Crippen MR) is 72.4 cm³/mol. The zero-order valence-corrected chi connectivity index (χ0v) is 11.9. The summed E-state index contributed by atoms with van der Waals surface area (Å²) in [6.07, 6.45) is 7.14. The molecule has 0 spiro atoms. The van der Waals surface area contributed by atoms with E-state index >= 15 is 0 Å². The fourth-order valence-corrected chi connectivity index (χ4v) is 2.00. The fraction of sp³-hybridized carbons (Fsp3) is 0.714. The van der Waals surface area contributed by atoms with Crippen LogP contribution in [0.1, 0.15) is 40.0 Å². The monoisotopic (exact) mass is 266 g/mol. The van der Waals surface area contributed by atoms with Crippen LogP contribution in [-0.2, 0) is 9.53 Å². The van der Waals surface area contributed by atoms with Gasteiger partial charge in [-0.05, 0) is 40.0 Å². The summed E-state index contributed by atoms with van der Waals surface area (Å²) in [7, 11) is 0. The highest BCUT2D eigenvalue weighted by molar-refractivity contribution is 5.86. The van der Waals surface area contributed by atoms with E-state index in [0.29, 0.717) is 13.0 Å². The number of carbonyl (C=O) groups excluding carboxylic acids is 2. The standard InChI is InChI=1S/C14H22N2O3/c1-5-9-15-12(17)11-8-6-7-10-16(11)13(18)19-14(2,3)4/h1,11H,6-10H2,2-4H3,(H,15,17). The molecule has 5 heteroatoms. The van der Waals surface area contributed by atoms with Crippen LogP contribution in [0.2, 0.25) is 0 Å². The zero-order valence-electron chi connectivity index (χ0n) is 11.9. The Balaban J connectivity index is 2.69. The SMILES string of the molecule is C#CCNC(=O)C1CCCCN1C(=O)OC(C)(C)C. The van der Waals surface area contributed by atoms with Crippen molar-refractivity contribution in [3.05, 3.63) is 0 Å². The van der Waals surface area contributed by atoms with E-state index in [1.54, 1.807) is 0 Å². The van der Waals surface area contributed by atoms with Crippen LogP contribution in [0, 0.1) is 12.3 Å². The molecule has 1 saturated heterocycles. The van der Waals surface area contributed by atoms with Crippen molar-refractivity contribution in [2.24, 2.45) is 0 Å². The molecule has 19 heavy (non-hydrogen) atoms. The van der Waals surface area contributed by atoms with E-state index in [2.05, 4.69) is 11.2 Å². The lowest BCUT2D eigenvalue weighted by Gasteiger charge is -2.35. The molecule has 1 atom stereocenters. The average Bonchev–Trinajstić information content (AvgIpc) is 2.34. The first-order chi connectivity index (χ1) is 8.85. The molecule has 1 unspecified atom stereocenters. The average molecular weight is 266 g/mol. The summed E-state index contributed by atoms with van der Waals surface area (Å²) in [5.74, 6) is 2.15. The maximum atomic E-state index is 12.1. The second-order valence-corrected chi connectivity index (χ2v) is 5.61. The number of hydrogen-bond donors (Lipinski definition) is 1. The summed E-state index contributed by atoms with van der Waals surface area (Å²) < 4.78 is 5.33. The van der Waals surface area contributed by atoms with Gasteiger partial charge in [-0.1, -0.05) is 5.92 Å². The van der Waals surface area contributed by atoms with Crippen molar-refractivity contribution in [1.29, 1.82) is 0 Å². The van der Waals surface area contributed by atoms with Gasteiger partial charge in [0.1, 0.15) is 11.6 Å². The lowest BCUT2D eigenvalue weighted by Crippen LogP contribution is -2.53. The van der Waals surface area contributed by atoms with Crippen LogP contribution in [-0.4, -0.2) is 41.6 Å². The third kappa shape index (κ3) is 4.82. The largest absolute Gasteiger partial charge is 0.444 e. The Morgan fingerprint density at radius 2 is 2.11 bits per heavy atom. The molecule has 1 aliphatic rings. The van der Waals surface area contributed by atoms with Crippen molar-refractivity contribution >= 4 is 12.0 Å². The minimum atomic E-state index is -0.561. The molecule has 0 aliphatic carbocycles. The maximum Gasteiger partial charge on any atom is 0.410 e. The van der Waals surface area contributed by atoms with Gasteiger partial charge in [-0.3, -0.25) is 9.69 Å². The topological polar surface area (TPSA) is 58.6 Å². The van der Waals surface area contributed by atoms with Gasteiger partial charge in [-0.25, -0.2) is 4.79 Å². The van der Waals surface area contributed by atoms with Crippen molar-refractivity contribution in [3.63, 3.8) is 0 Å². The highest BCUT2D eigenvalue weighted by Crippen LogP contribution is 2.20.